The molecule has 0 aliphatic carbocycles. The van der Waals surface area contributed by atoms with Gasteiger partial charge in [-0.25, -0.2) is 9.18 Å². The van der Waals surface area contributed by atoms with E-state index in [1.54, 1.807) is 18.2 Å². The molecule has 0 atom stereocenters. The Labute approximate surface area is 160 Å². The van der Waals surface area contributed by atoms with Crippen molar-refractivity contribution in [3.8, 4) is 17.2 Å². The highest BCUT2D eigenvalue weighted by molar-refractivity contribution is 6.01. The summed E-state index contributed by atoms with van der Waals surface area (Å²) in [5.41, 5.74) is 7.68. The molecule has 0 bridgehead atoms. The lowest BCUT2D eigenvalue weighted by Gasteiger charge is -2.26. The van der Waals surface area contributed by atoms with Crippen molar-refractivity contribution in [3.05, 3.63) is 80.7 Å². The molecular formula is C20H9FN4O4. The van der Waals surface area contributed by atoms with Gasteiger partial charge in [-0.15, -0.1) is 0 Å². The number of benzene rings is 3. The summed E-state index contributed by atoms with van der Waals surface area (Å²) in [5, 5.41) is 14.2. The van der Waals surface area contributed by atoms with E-state index in [0.29, 0.717) is 16.8 Å². The minimum Gasteiger partial charge on any atom is -0.477 e. The van der Waals surface area contributed by atoms with Crippen LogP contribution >= 0.6 is 0 Å². The zero-order chi connectivity index (χ0) is 20.3. The molecule has 1 N–H and O–H groups in total. The van der Waals surface area contributed by atoms with Crippen LogP contribution in [0.5, 0.6) is 11.5 Å². The van der Waals surface area contributed by atoms with Gasteiger partial charge in [-0.2, -0.15) is 0 Å². The van der Waals surface area contributed by atoms with Gasteiger partial charge in [0, 0.05) is 16.5 Å². The fraction of sp³-hybridized carbons (Fsp3) is 0. The van der Waals surface area contributed by atoms with E-state index >= 15 is 0 Å². The molecule has 1 aromatic heterocycles. The fourth-order valence-electron chi connectivity index (χ4n) is 3.62. The van der Waals surface area contributed by atoms with Crippen molar-refractivity contribution >= 4 is 33.3 Å². The van der Waals surface area contributed by atoms with Crippen LogP contribution in [-0.4, -0.2) is 15.6 Å². The largest absolute Gasteiger partial charge is 0.477 e. The Balaban J connectivity index is 2.04. The molecule has 0 radical (unpaired) electrons. The lowest BCUT2D eigenvalue weighted by Crippen LogP contribution is -2.20. The van der Waals surface area contributed by atoms with Crippen LogP contribution in [0.15, 0.2) is 58.6 Å². The Morgan fingerprint density at radius 2 is 1.97 bits per heavy atom. The maximum Gasteiger partial charge on any atom is 0.341 e. The third kappa shape index (κ3) is 2.22. The molecule has 0 saturated heterocycles. The number of hydrogen-bond donors (Lipinski definition) is 1. The molecule has 8 nitrogen and oxygen atoms in total. The highest BCUT2D eigenvalue weighted by atomic mass is 19.1. The Morgan fingerprint density at radius 3 is 2.72 bits per heavy atom. The molecule has 0 unspecified atom stereocenters. The van der Waals surface area contributed by atoms with Gasteiger partial charge in [0.2, 0.25) is 5.43 Å². The minimum atomic E-state index is -1.43. The smallest absolute Gasteiger partial charge is 0.341 e. The predicted molar refractivity (Wildman–Crippen MR) is 103 cm³/mol. The number of carbonyl (C=O) groups is 1. The van der Waals surface area contributed by atoms with Crippen molar-refractivity contribution in [3.63, 3.8) is 0 Å². The average Bonchev–Trinajstić information content (AvgIpc) is 2.72. The van der Waals surface area contributed by atoms with Gasteiger partial charge >= 0.3 is 5.97 Å². The van der Waals surface area contributed by atoms with Crippen LogP contribution < -0.4 is 10.2 Å². The van der Waals surface area contributed by atoms with Gasteiger partial charge in [-0.1, -0.05) is 35.4 Å². The quantitative estimate of drug-likeness (QED) is 0.259. The maximum absolute atomic E-state index is 14.7. The van der Waals surface area contributed by atoms with E-state index in [1.807, 2.05) is 18.2 Å². The molecule has 4 aromatic rings. The van der Waals surface area contributed by atoms with E-state index < -0.39 is 28.5 Å². The highest BCUT2D eigenvalue weighted by Crippen LogP contribution is 2.48. The molecule has 9 heteroatoms. The summed E-state index contributed by atoms with van der Waals surface area (Å²) in [5.74, 6) is -2.23. The van der Waals surface area contributed by atoms with Crippen LogP contribution in [0.3, 0.4) is 0 Å². The van der Waals surface area contributed by atoms with Gasteiger partial charge in [0.15, 0.2) is 11.5 Å². The number of carboxylic acids is 1. The summed E-state index contributed by atoms with van der Waals surface area (Å²) in [7, 11) is 0. The number of nitrogens with zero attached hydrogens (tertiary/aromatic N) is 4. The van der Waals surface area contributed by atoms with Crippen LogP contribution in [-0.2, 0) is 0 Å². The third-order valence-corrected chi connectivity index (χ3v) is 4.87. The van der Waals surface area contributed by atoms with E-state index in [9.17, 15) is 19.1 Å². The van der Waals surface area contributed by atoms with Crippen LogP contribution in [0.1, 0.15) is 10.4 Å². The Morgan fingerprint density at radius 1 is 1.17 bits per heavy atom. The van der Waals surface area contributed by atoms with Crippen LogP contribution in [0, 0.1) is 5.82 Å². The number of azide groups is 1. The van der Waals surface area contributed by atoms with E-state index in [-0.39, 0.29) is 16.7 Å². The Bertz CT molecular complexity index is 1500. The number of pyridine rings is 1. The first-order chi connectivity index (χ1) is 14.0. The summed E-state index contributed by atoms with van der Waals surface area (Å²) < 4.78 is 22.1. The third-order valence-electron chi connectivity index (χ3n) is 4.87. The number of aromatic carboxylic acids is 1. The molecule has 0 spiro atoms. The van der Waals surface area contributed by atoms with Gasteiger partial charge in [0.1, 0.15) is 22.6 Å². The van der Waals surface area contributed by atoms with Crippen LogP contribution in [0.25, 0.3) is 37.8 Å². The SMILES string of the molecule is [N-]=[N+]=Nc1c(F)cc2c(=O)c(C(=O)O)cn3c2c1Oc1c-3ccc2ccccc12. The topological polar surface area (TPSA) is 117 Å². The monoisotopic (exact) mass is 388 g/mol. The first-order valence-electron chi connectivity index (χ1n) is 8.41. The van der Waals surface area contributed by atoms with Crippen molar-refractivity contribution in [2.24, 2.45) is 5.11 Å². The average molecular weight is 388 g/mol. The van der Waals surface area contributed by atoms with Crippen molar-refractivity contribution in [2.75, 3.05) is 0 Å². The fourth-order valence-corrected chi connectivity index (χ4v) is 3.62. The van der Waals surface area contributed by atoms with Gasteiger partial charge in [0.25, 0.3) is 0 Å². The van der Waals surface area contributed by atoms with Crippen molar-refractivity contribution in [1.82, 2.24) is 4.57 Å². The molecular weight excluding hydrogens is 379 g/mol. The van der Waals surface area contributed by atoms with E-state index in [4.69, 9.17) is 10.3 Å². The van der Waals surface area contributed by atoms with Gasteiger partial charge < -0.3 is 14.4 Å². The van der Waals surface area contributed by atoms with Crippen LogP contribution in [0.4, 0.5) is 10.1 Å². The Hall–Kier alpha value is -4.36. The molecule has 0 saturated carbocycles. The van der Waals surface area contributed by atoms with Gasteiger partial charge in [-0.05, 0) is 23.1 Å². The molecule has 5 rings (SSSR count). The molecule has 2 heterocycles. The van der Waals surface area contributed by atoms with E-state index in [0.717, 1.165) is 11.5 Å². The first kappa shape index (κ1) is 16.8. The molecule has 29 heavy (non-hydrogen) atoms. The second-order valence-electron chi connectivity index (χ2n) is 6.41. The molecule has 0 fully saturated rings. The number of aromatic nitrogens is 1. The number of rotatable bonds is 2. The van der Waals surface area contributed by atoms with E-state index in [1.165, 1.54) is 10.8 Å². The molecule has 1 aliphatic rings. The lowest BCUT2D eigenvalue weighted by molar-refractivity contribution is 0.0695. The molecule has 1 aliphatic heterocycles. The number of carboxylic acid groups (broad SMARTS) is 1. The van der Waals surface area contributed by atoms with Crippen molar-refractivity contribution < 1.29 is 19.0 Å². The Kier molecular flexibility index (Phi) is 3.37. The zero-order valence-electron chi connectivity index (χ0n) is 14.5. The van der Waals surface area contributed by atoms with Crippen molar-refractivity contribution in [1.29, 1.82) is 0 Å². The predicted octanol–water partition coefficient (Wildman–Crippen LogP) is 5.03. The number of halogens is 1. The molecule has 3 aromatic carbocycles. The molecule has 0 amide bonds. The standard InChI is InChI=1S/C20H9FN4O4/c21-13-7-11-16-19(15(13)23-24-22)29-18-10-4-2-1-3-9(10)5-6-14(18)25(16)8-12(17(11)26)20(27)28/h1-8H,(H,27,28). The summed E-state index contributed by atoms with van der Waals surface area (Å²) >= 11 is 0. The molecule has 140 valence electrons. The highest BCUT2D eigenvalue weighted by Gasteiger charge is 2.28. The summed E-state index contributed by atoms with van der Waals surface area (Å²) in [6.07, 6.45) is 1.17. The summed E-state index contributed by atoms with van der Waals surface area (Å²) in [6, 6.07) is 11.7. The maximum atomic E-state index is 14.7. The van der Waals surface area contributed by atoms with Crippen molar-refractivity contribution in [2.45, 2.75) is 0 Å². The summed E-state index contributed by atoms with van der Waals surface area (Å²) in [4.78, 5) is 26.9. The number of ether oxygens (including phenoxy) is 1. The number of hydrogen-bond acceptors (Lipinski definition) is 4. The normalized spacial score (nSPS) is 11.6. The first-order valence-corrected chi connectivity index (χ1v) is 8.41. The van der Waals surface area contributed by atoms with Gasteiger partial charge in [-0.3, -0.25) is 4.79 Å². The number of fused-ring (bicyclic) bond motifs is 4. The lowest BCUT2D eigenvalue weighted by atomic mass is 10.0. The summed E-state index contributed by atoms with van der Waals surface area (Å²) in [6.45, 7) is 0. The second kappa shape index (κ2) is 5.82. The zero-order valence-corrected chi connectivity index (χ0v) is 14.5. The second-order valence-corrected chi connectivity index (χ2v) is 6.41. The van der Waals surface area contributed by atoms with E-state index in [2.05, 4.69) is 10.0 Å². The van der Waals surface area contributed by atoms with Crippen LogP contribution in [0.2, 0.25) is 0 Å². The minimum absolute atomic E-state index is 0.131. The van der Waals surface area contributed by atoms with Gasteiger partial charge in [0.05, 0.1) is 11.1 Å².